The van der Waals surface area contributed by atoms with E-state index in [1.54, 1.807) is 13.1 Å². The van der Waals surface area contributed by atoms with Gasteiger partial charge in [-0.2, -0.15) is 0 Å². The fourth-order valence-electron chi connectivity index (χ4n) is 1.46. The van der Waals surface area contributed by atoms with Crippen LogP contribution < -0.4 is 15.8 Å². The van der Waals surface area contributed by atoms with Crippen LogP contribution in [-0.4, -0.2) is 32.7 Å². The molecule has 0 bridgehead atoms. The molecule has 0 saturated carbocycles. The van der Waals surface area contributed by atoms with E-state index in [0.717, 1.165) is 0 Å². The number of anilines is 2. The van der Waals surface area contributed by atoms with E-state index in [0.29, 0.717) is 5.69 Å². The van der Waals surface area contributed by atoms with Crippen LogP contribution in [0, 0.1) is 0 Å². The number of rotatable bonds is 4. The van der Waals surface area contributed by atoms with Crippen molar-refractivity contribution in [1.82, 2.24) is 0 Å². The van der Waals surface area contributed by atoms with Crippen LogP contribution in [0.15, 0.2) is 23.1 Å². The number of nitrogens with two attached hydrogens (primary N) is 2. The highest BCUT2D eigenvalue weighted by Gasteiger charge is 2.23. The molecule has 0 aliphatic rings. The van der Waals surface area contributed by atoms with Crippen molar-refractivity contribution in [3.05, 3.63) is 18.2 Å². The summed E-state index contributed by atoms with van der Waals surface area (Å²) in [5, 5.41) is 14.3. The zero-order valence-corrected chi connectivity index (χ0v) is 11.5. The van der Waals surface area contributed by atoms with Crippen LogP contribution in [0.2, 0.25) is 0 Å². The molecule has 102 valence electrons. The molecule has 0 radical (unpaired) electrons. The first kappa shape index (κ1) is 14.7. The van der Waals surface area contributed by atoms with Gasteiger partial charge in [0.1, 0.15) is 4.90 Å². The molecule has 0 aliphatic heterocycles. The summed E-state index contributed by atoms with van der Waals surface area (Å²) < 4.78 is 22.5. The quantitative estimate of drug-likeness (QED) is 0.675. The Balaban J connectivity index is 3.21. The lowest BCUT2D eigenvalue weighted by molar-refractivity contribution is 0.216. The molecule has 1 rings (SSSR count). The lowest BCUT2D eigenvalue weighted by Gasteiger charge is -2.36. The predicted molar refractivity (Wildman–Crippen MR) is 71.8 cm³/mol. The highest BCUT2D eigenvalue weighted by molar-refractivity contribution is 7.89. The lowest BCUT2D eigenvalue weighted by atomic mass is 10.0. The van der Waals surface area contributed by atoms with E-state index in [9.17, 15) is 13.5 Å². The smallest absolute Gasteiger partial charge is 0.240 e. The predicted octanol–water partition coefficient (Wildman–Crippen LogP) is 0.123. The molecule has 1 aromatic rings. The Kier molecular flexibility index (Phi) is 3.89. The van der Waals surface area contributed by atoms with Gasteiger partial charge in [-0.3, -0.25) is 0 Å². The van der Waals surface area contributed by atoms with Gasteiger partial charge in [0.2, 0.25) is 10.0 Å². The minimum absolute atomic E-state index is 0.0413. The first-order chi connectivity index (χ1) is 8.09. The van der Waals surface area contributed by atoms with Crippen molar-refractivity contribution in [3.63, 3.8) is 0 Å². The van der Waals surface area contributed by atoms with Gasteiger partial charge in [-0.05, 0) is 32.0 Å². The Morgan fingerprint density at radius 3 is 2.33 bits per heavy atom. The van der Waals surface area contributed by atoms with Crippen LogP contribution >= 0.6 is 0 Å². The average molecular weight is 273 g/mol. The van der Waals surface area contributed by atoms with E-state index in [4.69, 9.17) is 10.9 Å². The fourth-order valence-corrected chi connectivity index (χ4v) is 2.10. The first-order valence-electron chi connectivity index (χ1n) is 5.36. The number of benzene rings is 1. The maximum absolute atomic E-state index is 11.2. The Morgan fingerprint density at radius 2 is 1.94 bits per heavy atom. The monoisotopic (exact) mass is 273 g/mol. The number of nitrogen functional groups attached to an aromatic ring is 1. The standard InChI is InChI=1S/C11H19N3O3S/c1-11(2,7-15)14(3)8-4-5-10(9(12)6-8)18(13,16)17/h4-6,15H,7,12H2,1-3H3,(H2,13,16,17). The fraction of sp³-hybridized carbons (Fsp3) is 0.455. The number of likely N-dealkylation sites (N-methyl/N-ethyl adjacent to an activating group) is 1. The molecule has 0 spiro atoms. The van der Waals surface area contributed by atoms with Crippen molar-refractivity contribution >= 4 is 21.4 Å². The third-order valence-electron chi connectivity index (χ3n) is 2.98. The van der Waals surface area contributed by atoms with Gasteiger partial charge in [-0.1, -0.05) is 0 Å². The first-order valence-corrected chi connectivity index (χ1v) is 6.91. The second-order valence-electron chi connectivity index (χ2n) is 4.80. The largest absolute Gasteiger partial charge is 0.398 e. The molecule has 0 atom stereocenters. The van der Waals surface area contributed by atoms with Gasteiger partial charge in [0.25, 0.3) is 0 Å². The van der Waals surface area contributed by atoms with Gasteiger partial charge >= 0.3 is 0 Å². The summed E-state index contributed by atoms with van der Waals surface area (Å²) in [6, 6.07) is 4.49. The van der Waals surface area contributed by atoms with Gasteiger partial charge in [0, 0.05) is 12.7 Å². The van der Waals surface area contributed by atoms with Crippen LogP contribution in [0.5, 0.6) is 0 Å². The second kappa shape index (κ2) is 4.75. The molecule has 5 N–H and O–H groups in total. The molecule has 0 saturated heterocycles. The number of hydrogen-bond acceptors (Lipinski definition) is 5. The zero-order chi connectivity index (χ0) is 14.1. The average Bonchev–Trinajstić information content (AvgIpc) is 2.26. The van der Waals surface area contributed by atoms with Crippen molar-refractivity contribution in [3.8, 4) is 0 Å². The zero-order valence-electron chi connectivity index (χ0n) is 10.7. The van der Waals surface area contributed by atoms with Crippen LogP contribution in [0.1, 0.15) is 13.8 Å². The van der Waals surface area contributed by atoms with Crippen molar-refractivity contribution in [1.29, 1.82) is 0 Å². The molecule has 1 aromatic carbocycles. The van der Waals surface area contributed by atoms with Crippen molar-refractivity contribution < 1.29 is 13.5 Å². The third kappa shape index (κ3) is 2.92. The summed E-state index contributed by atoms with van der Waals surface area (Å²) >= 11 is 0. The van der Waals surface area contributed by atoms with Gasteiger partial charge in [0.15, 0.2) is 0 Å². The number of aliphatic hydroxyl groups is 1. The normalized spacial score (nSPS) is 12.5. The highest BCUT2D eigenvalue weighted by Crippen LogP contribution is 2.27. The van der Waals surface area contributed by atoms with E-state index in [2.05, 4.69) is 0 Å². The number of hydrogen-bond donors (Lipinski definition) is 3. The molecular formula is C11H19N3O3S. The minimum atomic E-state index is -3.81. The molecule has 7 heteroatoms. The van der Waals surface area contributed by atoms with E-state index in [1.807, 2.05) is 18.7 Å². The second-order valence-corrected chi connectivity index (χ2v) is 6.33. The van der Waals surface area contributed by atoms with Crippen molar-refractivity contribution in [2.45, 2.75) is 24.3 Å². The molecule has 0 fully saturated rings. The Bertz CT molecular complexity index is 540. The van der Waals surface area contributed by atoms with Gasteiger partial charge in [0.05, 0.1) is 17.8 Å². The summed E-state index contributed by atoms with van der Waals surface area (Å²) in [4.78, 5) is 1.72. The number of primary sulfonamides is 1. The molecule has 0 unspecified atom stereocenters. The van der Waals surface area contributed by atoms with Crippen molar-refractivity contribution in [2.24, 2.45) is 5.14 Å². The molecule has 0 amide bonds. The van der Waals surface area contributed by atoms with Gasteiger partial charge < -0.3 is 15.7 Å². The molecular weight excluding hydrogens is 254 g/mol. The van der Waals surface area contributed by atoms with Crippen LogP contribution in [-0.2, 0) is 10.0 Å². The minimum Gasteiger partial charge on any atom is -0.398 e. The topological polar surface area (TPSA) is 110 Å². The molecule has 0 aromatic heterocycles. The summed E-state index contributed by atoms with van der Waals surface area (Å²) in [5.74, 6) is 0. The number of sulfonamides is 1. The van der Waals surface area contributed by atoms with E-state index >= 15 is 0 Å². The van der Waals surface area contributed by atoms with E-state index in [-0.39, 0.29) is 17.2 Å². The van der Waals surface area contributed by atoms with Crippen LogP contribution in [0.25, 0.3) is 0 Å². The van der Waals surface area contributed by atoms with Gasteiger partial charge in [-0.25, -0.2) is 13.6 Å². The maximum atomic E-state index is 11.2. The molecule has 0 heterocycles. The van der Waals surface area contributed by atoms with E-state index < -0.39 is 15.6 Å². The summed E-state index contributed by atoms with van der Waals surface area (Å²) in [6.45, 7) is 3.67. The van der Waals surface area contributed by atoms with Crippen LogP contribution in [0.4, 0.5) is 11.4 Å². The summed E-state index contributed by atoms with van der Waals surface area (Å²) in [7, 11) is -2.02. The Labute approximate surface area is 107 Å². The lowest BCUT2D eigenvalue weighted by Crippen LogP contribution is -2.44. The molecule has 0 aliphatic carbocycles. The molecule has 18 heavy (non-hydrogen) atoms. The van der Waals surface area contributed by atoms with Crippen LogP contribution in [0.3, 0.4) is 0 Å². The number of nitrogens with zero attached hydrogens (tertiary/aromatic N) is 1. The Morgan fingerprint density at radius 1 is 1.39 bits per heavy atom. The maximum Gasteiger partial charge on any atom is 0.240 e. The highest BCUT2D eigenvalue weighted by atomic mass is 32.2. The third-order valence-corrected chi connectivity index (χ3v) is 3.97. The summed E-state index contributed by atoms with van der Waals surface area (Å²) in [6.07, 6.45) is 0. The van der Waals surface area contributed by atoms with E-state index in [1.165, 1.54) is 12.1 Å². The Hall–Kier alpha value is -1.31. The number of aliphatic hydroxyl groups excluding tert-OH is 1. The summed E-state index contributed by atoms with van der Waals surface area (Å²) in [5.41, 5.74) is 6.01. The van der Waals surface area contributed by atoms with Gasteiger partial charge in [-0.15, -0.1) is 0 Å². The SMILES string of the molecule is CN(c1ccc(S(N)(=O)=O)c(N)c1)C(C)(C)CO. The van der Waals surface area contributed by atoms with Crippen molar-refractivity contribution in [2.75, 3.05) is 24.3 Å². The molecule has 6 nitrogen and oxygen atoms in total.